The first-order chi connectivity index (χ1) is 12.9. The van der Waals surface area contributed by atoms with E-state index >= 15 is 0 Å². The number of fused-ring (bicyclic) bond motifs is 6. The summed E-state index contributed by atoms with van der Waals surface area (Å²) in [6.07, 6.45) is 2.10. The molecule has 0 saturated heterocycles. The molecule has 2 aliphatic rings. The summed E-state index contributed by atoms with van der Waals surface area (Å²) in [5.41, 5.74) is 11.0. The molecule has 0 fully saturated rings. The van der Waals surface area contributed by atoms with Gasteiger partial charge in [0.15, 0.2) is 0 Å². The van der Waals surface area contributed by atoms with E-state index in [9.17, 15) is 0 Å². The van der Waals surface area contributed by atoms with Gasteiger partial charge in [-0.3, -0.25) is 0 Å². The van der Waals surface area contributed by atoms with E-state index in [1.54, 1.807) is 0 Å². The van der Waals surface area contributed by atoms with E-state index in [1.165, 1.54) is 44.5 Å². The SMILES string of the molecule is C.[Zr+2].[c-]1cccc2c1Cc1ccccc1-2.[c-]1cccc2c1Cc1ccccc1-2. The maximum absolute atomic E-state index is 3.30. The summed E-state index contributed by atoms with van der Waals surface area (Å²) in [6, 6.07) is 36.2. The average Bonchev–Trinajstić information content (AvgIpc) is 3.27. The number of rotatable bonds is 0. The number of hydrogen-bond acceptors (Lipinski definition) is 0. The molecule has 2 aliphatic carbocycles. The van der Waals surface area contributed by atoms with Crippen molar-refractivity contribution in [2.45, 2.75) is 20.3 Å². The normalized spacial score (nSPS) is 11.4. The van der Waals surface area contributed by atoms with Crippen LogP contribution in [0.5, 0.6) is 0 Å². The predicted molar refractivity (Wildman–Crippen MR) is 114 cm³/mol. The Morgan fingerprint density at radius 2 is 0.893 bits per heavy atom. The van der Waals surface area contributed by atoms with Crippen LogP contribution in [0.1, 0.15) is 29.7 Å². The predicted octanol–water partition coefficient (Wildman–Crippen LogP) is 6.75. The van der Waals surface area contributed by atoms with Gasteiger partial charge >= 0.3 is 26.2 Å². The van der Waals surface area contributed by atoms with Crippen molar-refractivity contribution in [2.24, 2.45) is 0 Å². The Balaban J connectivity index is 0.000000150. The van der Waals surface area contributed by atoms with Crippen LogP contribution >= 0.6 is 0 Å². The molecule has 28 heavy (non-hydrogen) atoms. The monoisotopic (exact) mass is 436 g/mol. The summed E-state index contributed by atoms with van der Waals surface area (Å²) in [7, 11) is 0. The maximum atomic E-state index is 3.30. The summed E-state index contributed by atoms with van der Waals surface area (Å²) in [5.74, 6) is 0. The van der Waals surface area contributed by atoms with Gasteiger partial charge in [-0.05, 0) is 12.8 Å². The number of hydrogen-bond donors (Lipinski definition) is 0. The minimum absolute atomic E-state index is 0. The Bertz CT molecular complexity index is 918. The topological polar surface area (TPSA) is 0 Å². The van der Waals surface area contributed by atoms with Crippen molar-refractivity contribution in [2.75, 3.05) is 0 Å². The van der Waals surface area contributed by atoms with Crippen LogP contribution in [0.2, 0.25) is 0 Å². The molecule has 0 saturated carbocycles. The molecule has 0 N–H and O–H groups in total. The molecule has 0 heterocycles. The standard InChI is InChI=1S/2C13H9.CH4.Zr/c2*1-3-7-12-10(5-1)9-11-6-2-4-8-13(11)12;;/h2*1-5,7-8H,9H2;1H4;/q2*-1;;+2. The van der Waals surface area contributed by atoms with Crippen LogP contribution in [-0.4, -0.2) is 0 Å². The number of benzene rings is 4. The van der Waals surface area contributed by atoms with Gasteiger partial charge in [0.05, 0.1) is 0 Å². The van der Waals surface area contributed by atoms with E-state index < -0.39 is 0 Å². The van der Waals surface area contributed by atoms with Gasteiger partial charge in [-0.15, -0.1) is 11.1 Å². The van der Waals surface area contributed by atoms with E-state index in [4.69, 9.17) is 0 Å². The molecule has 0 unspecified atom stereocenters. The van der Waals surface area contributed by atoms with Gasteiger partial charge in [0.2, 0.25) is 0 Å². The van der Waals surface area contributed by atoms with Gasteiger partial charge in [0, 0.05) is 0 Å². The smallest absolute Gasteiger partial charge is 0.179 e. The van der Waals surface area contributed by atoms with E-state index in [2.05, 4.69) is 84.9 Å². The molecule has 0 amide bonds. The van der Waals surface area contributed by atoms with Crippen molar-refractivity contribution >= 4 is 0 Å². The van der Waals surface area contributed by atoms with Crippen molar-refractivity contribution < 1.29 is 26.2 Å². The Morgan fingerprint density at radius 1 is 0.500 bits per heavy atom. The third kappa shape index (κ3) is 3.69. The molecule has 0 nitrogen and oxygen atoms in total. The third-order valence-electron chi connectivity index (χ3n) is 5.23. The van der Waals surface area contributed by atoms with E-state index in [0.29, 0.717) is 0 Å². The summed E-state index contributed by atoms with van der Waals surface area (Å²) in [6.45, 7) is 0. The maximum Gasteiger partial charge on any atom is 2.00 e. The molecule has 134 valence electrons. The average molecular weight is 438 g/mol. The van der Waals surface area contributed by atoms with Gasteiger partial charge in [-0.25, -0.2) is 0 Å². The Hall–Kier alpha value is -2.24. The molecule has 0 atom stereocenters. The van der Waals surface area contributed by atoms with E-state index in [0.717, 1.165) is 12.8 Å². The fourth-order valence-corrected chi connectivity index (χ4v) is 4.00. The largest absolute Gasteiger partial charge is 2.00 e. The summed E-state index contributed by atoms with van der Waals surface area (Å²) >= 11 is 0. The van der Waals surface area contributed by atoms with Crippen molar-refractivity contribution in [3.8, 4) is 22.3 Å². The molecule has 0 aromatic heterocycles. The van der Waals surface area contributed by atoms with Crippen LogP contribution in [0, 0.1) is 12.1 Å². The van der Waals surface area contributed by atoms with Crippen molar-refractivity contribution in [3.63, 3.8) is 0 Å². The third-order valence-corrected chi connectivity index (χ3v) is 5.23. The molecule has 6 rings (SSSR count). The second kappa shape index (κ2) is 8.84. The molecule has 0 spiro atoms. The second-order valence-corrected chi connectivity index (χ2v) is 6.79. The van der Waals surface area contributed by atoms with Gasteiger partial charge in [-0.2, -0.15) is 59.7 Å². The first-order valence-electron chi connectivity index (χ1n) is 9.06. The molecule has 0 bridgehead atoms. The minimum Gasteiger partial charge on any atom is -0.179 e. The van der Waals surface area contributed by atoms with Crippen molar-refractivity contribution in [3.05, 3.63) is 119 Å². The van der Waals surface area contributed by atoms with E-state index in [-0.39, 0.29) is 33.6 Å². The van der Waals surface area contributed by atoms with E-state index in [1.807, 2.05) is 12.1 Å². The van der Waals surface area contributed by atoms with Gasteiger partial charge in [0.25, 0.3) is 0 Å². The Kier molecular flexibility index (Phi) is 6.47. The first-order valence-corrected chi connectivity index (χ1v) is 9.06. The molecular weight excluding hydrogens is 416 g/mol. The molecule has 4 aromatic rings. The first kappa shape index (κ1) is 20.5. The molecule has 4 aromatic carbocycles. The molecule has 1 heteroatoms. The van der Waals surface area contributed by atoms with Gasteiger partial charge in [-0.1, -0.05) is 78.2 Å². The molecule has 0 aliphatic heterocycles. The molecule has 0 radical (unpaired) electrons. The fraction of sp³-hybridized carbons (Fsp3) is 0.111. The van der Waals surface area contributed by atoms with Gasteiger partial charge < -0.3 is 0 Å². The van der Waals surface area contributed by atoms with Crippen LogP contribution in [0.25, 0.3) is 22.3 Å². The summed E-state index contributed by atoms with van der Waals surface area (Å²) in [5, 5.41) is 0. The van der Waals surface area contributed by atoms with Crippen LogP contribution in [0.15, 0.2) is 84.9 Å². The van der Waals surface area contributed by atoms with Crippen LogP contribution < -0.4 is 0 Å². The summed E-state index contributed by atoms with van der Waals surface area (Å²) in [4.78, 5) is 0. The van der Waals surface area contributed by atoms with Crippen LogP contribution in [0.4, 0.5) is 0 Å². The zero-order chi connectivity index (χ0) is 17.3. The quantitative estimate of drug-likeness (QED) is 0.231. The zero-order valence-corrected chi connectivity index (χ0v) is 17.5. The Labute approximate surface area is 187 Å². The minimum atomic E-state index is 0. The van der Waals surface area contributed by atoms with Crippen molar-refractivity contribution in [1.82, 2.24) is 0 Å². The summed E-state index contributed by atoms with van der Waals surface area (Å²) < 4.78 is 0. The van der Waals surface area contributed by atoms with Crippen molar-refractivity contribution in [1.29, 1.82) is 0 Å². The second-order valence-electron chi connectivity index (χ2n) is 6.79. The zero-order valence-electron chi connectivity index (χ0n) is 15.0. The van der Waals surface area contributed by atoms with Crippen LogP contribution in [0.3, 0.4) is 0 Å². The Morgan fingerprint density at radius 3 is 1.36 bits per heavy atom. The fourth-order valence-electron chi connectivity index (χ4n) is 4.00. The van der Waals surface area contributed by atoms with Gasteiger partial charge in [0.1, 0.15) is 0 Å². The molecular formula is C27H22Zr. The van der Waals surface area contributed by atoms with Crippen LogP contribution in [-0.2, 0) is 39.0 Å².